The average Bonchev–Trinajstić information content (AvgIpc) is 3.16. The van der Waals surface area contributed by atoms with E-state index in [1.54, 1.807) is 36.4 Å². The van der Waals surface area contributed by atoms with E-state index in [0.717, 1.165) is 6.42 Å². The summed E-state index contributed by atoms with van der Waals surface area (Å²) in [5.74, 6) is 1.23. The van der Waals surface area contributed by atoms with Gasteiger partial charge in [-0.1, -0.05) is 19.1 Å². The summed E-state index contributed by atoms with van der Waals surface area (Å²) in [6.07, 6.45) is 4.91. The van der Waals surface area contributed by atoms with Crippen molar-refractivity contribution in [2.45, 2.75) is 19.8 Å². The summed E-state index contributed by atoms with van der Waals surface area (Å²) >= 11 is 0. The van der Waals surface area contributed by atoms with Crippen LogP contribution in [-0.2, 0) is 9.53 Å². The van der Waals surface area contributed by atoms with E-state index in [-0.39, 0.29) is 5.69 Å². The minimum Gasteiger partial charge on any atom is -0.457 e. The largest absolute Gasteiger partial charge is 0.457 e. The third kappa shape index (κ3) is 3.27. The molecule has 0 amide bonds. The van der Waals surface area contributed by atoms with Gasteiger partial charge in [-0.05, 0) is 30.7 Å². The number of cyclic esters (lactones) is 1. The topological polar surface area (TPSA) is 82.6 Å². The molecule has 0 spiro atoms. The van der Waals surface area contributed by atoms with Crippen molar-refractivity contribution in [1.29, 1.82) is 0 Å². The number of nitro groups is 1. The number of nitro benzene ring substituents is 1. The fourth-order valence-electron chi connectivity index (χ4n) is 2.42. The van der Waals surface area contributed by atoms with Crippen LogP contribution in [0, 0.1) is 10.1 Å². The lowest BCUT2D eigenvalue weighted by molar-refractivity contribution is -0.384. The van der Waals surface area contributed by atoms with Crippen molar-refractivity contribution in [3.8, 4) is 11.3 Å². The molecule has 0 saturated heterocycles. The van der Waals surface area contributed by atoms with E-state index in [4.69, 9.17) is 9.15 Å². The Hall–Kier alpha value is -3.15. The molecule has 122 valence electrons. The van der Waals surface area contributed by atoms with Crippen LogP contribution < -0.4 is 0 Å². The molecule has 0 radical (unpaired) electrons. The van der Waals surface area contributed by atoms with Gasteiger partial charge in [-0.25, -0.2) is 4.79 Å². The summed E-state index contributed by atoms with van der Waals surface area (Å²) < 4.78 is 10.8. The minimum absolute atomic E-state index is 0.00434. The quantitative estimate of drug-likeness (QED) is 0.350. The Balaban J connectivity index is 1.86. The van der Waals surface area contributed by atoms with Crippen molar-refractivity contribution in [3.63, 3.8) is 0 Å². The summed E-state index contributed by atoms with van der Waals surface area (Å²) in [4.78, 5) is 22.2. The summed E-state index contributed by atoms with van der Waals surface area (Å²) in [7, 11) is 0. The SMILES string of the molecule is CCCC1=CC(=Cc2ccc(-c3cccc([N+](=O)[O-])c3)o2)C(=O)O1. The molecule has 1 aromatic carbocycles. The lowest BCUT2D eigenvalue weighted by atomic mass is 10.1. The molecular formula is C18H15NO5. The summed E-state index contributed by atoms with van der Waals surface area (Å²) in [5.41, 5.74) is 1.03. The number of non-ortho nitro benzene ring substituents is 1. The molecule has 1 aromatic heterocycles. The second-order valence-electron chi connectivity index (χ2n) is 5.36. The van der Waals surface area contributed by atoms with E-state index in [1.807, 2.05) is 6.92 Å². The Morgan fingerprint density at radius 2 is 2.08 bits per heavy atom. The summed E-state index contributed by atoms with van der Waals surface area (Å²) in [6.45, 7) is 2.01. The molecule has 1 aliphatic rings. The fourth-order valence-corrected chi connectivity index (χ4v) is 2.42. The molecule has 24 heavy (non-hydrogen) atoms. The zero-order valence-electron chi connectivity index (χ0n) is 13.0. The van der Waals surface area contributed by atoms with Crippen LogP contribution in [0.25, 0.3) is 17.4 Å². The maximum Gasteiger partial charge on any atom is 0.343 e. The van der Waals surface area contributed by atoms with Crippen molar-refractivity contribution in [3.05, 3.63) is 69.7 Å². The monoisotopic (exact) mass is 325 g/mol. The number of hydrogen-bond acceptors (Lipinski definition) is 5. The van der Waals surface area contributed by atoms with E-state index >= 15 is 0 Å². The number of allylic oxidation sites excluding steroid dienone is 1. The van der Waals surface area contributed by atoms with Crippen LogP contribution in [0.15, 0.2) is 58.2 Å². The third-order valence-electron chi connectivity index (χ3n) is 3.54. The summed E-state index contributed by atoms with van der Waals surface area (Å²) in [6, 6.07) is 9.61. The zero-order chi connectivity index (χ0) is 17.1. The van der Waals surface area contributed by atoms with Gasteiger partial charge in [0.2, 0.25) is 0 Å². The first-order valence-electron chi connectivity index (χ1n) is 7.56. The number of furan rings is 1. The van der Waals surface area contributed by atoms with Crippen LogP contribution in [-0.4, -0.2) is 10.9 Å². The van der Waals surface area contributed by atoms with Crippen LogP contribution in [0.1, 0.15) is 25.5 Å². The number of carbonyl (C=O) groups excluding carboxylic acids is 1. The Morgan fingerprint density at radius 3 is 2.83 bits per heavy atom. The molecule has 6 heteroatoms. The van der Waals surface area contributed by atoms with Gasteiger partial charge in [0.25, 0.3) is 5.69 Å². The lowest BCUT2D eigenvalue weighted by Gasteiger charge is -1.97. The Morgan fingerprint density at radius 1 is 1.25 bits per heavy atom. The van der Waals surface area contributed by atoms with Crippen LogP contribution in [0.5, 0.6) is 0 Å². The normalized spacial score (nSPS) is 15.5. The highest BCUT2D eigenvalue weighted by Crippen LogP contribution is 2.28. The number of hydrogen-bond donors (Lipinski definition) is 0. The molecule has 0 atom stereocenters. The van der Waals surface area contributed by atoms with E-state index in [2.05, 4.69) is 0 Å². The van der Waals surface area contributed by atoms with E-state index in [1.165, 1.54) is 12.1 Å². The van der Waals surface area contributed by atoms with Crippen molar-refractivity contribution in [2.24, 2.45) is 0 Å². The lowest BCUT2D eigenvalue weighted by Crippen LogP contribution is -1.96. The van der Waals surface area contributed by atoms with Crippen LogP contribution in [0.2, 0.25) is 0 Å². The number of benzene rings is 1. The van der Waals surface area contributed by atoms with Crippen molar-refractivity contribution < 1.29 is 18.9 Å². The second kappa shape index (κ2) is 6.54. The molecule has 0 fully saturated rings. The standard InChI is InChI=1S/C18H15NO5/c1-2-4-15-10-13(18(20)24-15)11-16-7-8-17(23-16)12-5-3-6-14(9-12)19(21)22/h3,5-11H,2,4H2,1H3. The highest BCUT2D eigenvalue weighted by Gasteiger charge is 2.20. The van der Waals surface area contributed by atoms with Gasteiger partial charge in [0.15, 0.2) is 0 Å². The van der Waals surface area contributed by atoms with Gasteiger partial charge in [-0.15, -0.1) is 0 Å². The smallest absolute Gasteiger partial charge is 0.343 e. The highest BCUT2D eigenvalue weighted by atomic mass is 16.6. The van der Waals surface area contributed by atoms with E-state index in [0.29, 0.717) is 34.8 Å². The minimum atomic E-state index is -0.454. The predicted molar refractivity (Wildman–Crippen MR) is 87.9 cm³/mol. The fraction of sp³-hybridized carbons (Fsp3) is 0.167. The van der Waals surface area contributed by atoms with Crippen molar-refractivity contribution >= 4 is 17.7 Å². The number of rotatable bonds is 5. The molecule has 3 rings (SSSR count). The van der Waals surface area contributed by atoms with Gasteiger partial charge in [0, 0.05) is 24.1 Å². The highest BCUT2D eigenvalue weighted by molar-refractivity contribution is 5.99. The second-order valence-corrected chi connectivity index (χ2v) is 5.36. The Kier molecular flexibility index (Phi) is 4.29. The molecule has 0 saturated carbocycles. The molecule has 6 nitrogen and oxygen atoms in total. The first-order valence-corrected chi connectivity index (χ1v) is 7.56. The van der Waals surface area contributed by atoms with Crippen LogP contribution in [0.4, 0.5) is 5.69 Å². The predicted octanol–water partition coefficient (Wildman–Crippen LogP) is 4.48. The molecule has 0 N–H and O–H groups in total. The first-order chi connectivity index (χ1) is 11.6. The first kappa shape index (κ1) is 15.7. The van der Waals surface area contributed by atoms with Crippen LogP contribution in [0.3, 0.4) is 0 Å². The molecule has 0 unspecified atom stereocenters. The van der Waals surface area contributed by atoms with Gasteiger partial charge < -0.3 is 9.15 Å². The van der Waals surface area contributed by atoms with Crippen molar-refractivity contribution in [2.75, 3.05) is 0 Å². The van der Waals surface area contributed by atoms with Gasteiger partial charge >= 0.3 is 5.97 Å². The molecule has 1 aliphatic heterocycles. The Labute approximate surface area is 138 Å². The van der Waals surface area contributed by atoms with Gasteiger partial charge in [-0.3, -0.25) is 10.1 Å². The van der Waals surface area contributed by atoms with E-state index in [9.17, 15) is 14.9 Å². The maximum atomic E-state index is 11.8. The maximum absolute atomic E-state index is 11.8. The third-order valence-corrected chi connectivity index (χ3v) is 3.54. The summed E-state index contributed by atoms with van der Waals surface area (Å²) in [5, 5.41) is 10.8. The molecular weight excluding hydrogens is 310 g/mol. The number of carbonyl (C=O) groups is 1. The molecule has 0 bridgehead atoms. The molecule has 0 aliphatic carbocycles. The number of ether oxygens (including phenoxy) is 1. The number of nitrogens with zero attached hydrogens (tertiary/aromatic N) is 1. The van der Waals surface area contributed by atoms with Gasteiger partial charge in [-0.2, -0.15) is 0 Å². The van der Waals surface area contributed by atoms with Crippen molar-refractivity contribution in [1.82, 2.24) is 0 Å². The molecule has 2 heterocycles. The average molecular weight is 325 g/mol. The Bertz CT molecular complexity index is 860. The van der Waals surface area contributed by atoms with Gasteiger partial charge in [0.1, 0.15) is 17.3 Å². The zero-order valence-corrected chi connectivity index (χ0v) is 13.0. The van der Waals surface area contributed by atoms with E-state index < -0.39 is 10.9 Å². The molecule has 2 aromatic rings. The number of esters is 1. The van der Waals surface area contributed by atoms with Gasteiger partial charge in [0.05, 0.1) is 10.5 Å². The van der Waals surface area contributed by atoms with Crippen LogP contribution >= 0.6 is 0 Å².